The zero-order valence-corrected chi connectivity index (χ0v) is 11.8. The second kappa shape index (κ2) is 6.50. The Morgan fingerprint density at radius 3 is 2.71 bits per heavy atom. The highest BCUT2D eigenvalue weighted by Gasteiger charge is 2.42. The first-order valence-corrected chi connectivity index (χ1v) is 7.50. The molecule has 0 spiro atoms. The van der Waals surface area contributed by atoms with E-state index in [4.69, 9.17) is 0 Å². The molecular formula is C12H24N2O2S. The number of thioether (sulfide) groups is 1. The zero-order valence-electron chi connectivity index (χ0n) is 11.0. The van der Waals surface area contributed by atoms with Crippen molar-refractivity contribution in [3.63, 3.8) is 0 Å². The number of rotatable bonds is 7. The molecule has 2 amide bonds. The number of carbonyl (C=O) groups is 1. The molecule has 1 aliphatic rings. The maximum Gasteiger partial charge on any atom is 0.315 e. The van der Waals surface area contributed by atoms with Gasteiger partial charge in [0.15, 0.2) is 0 Å². The van der Waals surface area contributed by atoms with E-state index in [9.17, 15) is 9.90 Å². The fourth-order valence-corrected chi connectivity index (χ4v) is 2.16. The Kier molecular flexibility index (Phi) is 5.59. The SMILES string of the molecule is CS[C@@H](C)CCNC(=O)N[C@](C)(CO)C1CC1. The van der Waals surface area contributed by atoms with Crippen molar-refractivity contribution in [1.82, 2.24) is 10.6 Å². The summed E-state index contributed by atoms with van der Waals surface area (Å²) >= 11 is 1.80. The normalized spacial score (nSPS) is 20.5. The molecule has 100 valence electrons. The third-order valence-electron chi connectivity index (χ3n) is 3.44. The lowest BCUT2D eigenvalue weighted by Gasteiger charge is -2.28. The van der Waals surface area contributed by atoms with E-state index in [1.165, 1.54) is 0 Å². The van der Waals surface area contributed by atoms with E-state index in [1.54, 1.807) is 11.8 Å². The lowest BCUT2D eigenvalue weighted by molar-refractivity contribution is 0.155. The van der Waals surface area contributed by atoms with Crippen LogP contribution in [0.3, 0.4) is 0 Å². The Morgan fingerprint density at radius 2 is 2.24 bits per heavy atom. The fourth-order valence-electron chi connectivity index (χ4n) is 1.80. The summed E-state index contributed by atoms with van der Waals surface area (Å²) in [6, 6.07) is -0.165. The molecule has 0 bridgehead atoms. The van der Waals surface area contributed by atoms with Crippen LogP contribution in [0.2, 0.25) is 0 Å². The smallest absolute Gasteiger partial charge is 0.315 e. The molecule has 0 aromatic rings. The van der Waals surface area contributed by atoms with Crippen LogP contribution in [-0.2, 0) is 0 Å². The van der Waals surface area contributed by atoms with Gasteiger partial charge < -0.3 is 15.7 Å². The highest BCUT2D eigenvalue weighted by Crippen LogP contribution is 2.39. The molecule has 4 nitrogen and oxygen atoms in total. The van der Waals surface area contributed by atoms with E-state index in [0.717, 1.165) is 19.3 Å². The predicted molar refractivity (Wildman–Crippen MR) is 72.3 cm³/mol. The summed E-state index contributed by atoms with van der Waals surface area (Å²) in [5.41, 5.74) is -0.449. The van der Waals surface area contributed by atoms with Crippen molar-refractivity contribution in [3.05, 3.63) is 0 Å². The number of carbonyl (C=O) groups excluding carboxylic acids is 1. The second-order valence-electron chi connectivity index (χ2n) is 5.07. The summed E-state index contributed by atoms with van der Waals surface area (Å²) in [7, 11) is 0. The first kappa shape index (κ1) is 14.6. The minimum Gasteiger partial charge on any atom is -0.394 e. The van der Waals surface area contributed by atoms with Gasteiger partial charge >= 0.3 is 6.03 Å². The highest BCUT2D eigenvalue weighted by molar-refractivity contribution is 7.99. The number of hydrogen-bond acceptors (Lipinski definition) is 3. The second-order valence-corrected chi connectivity index (χ2v) is 6.34. The zero-order chi connectivity index (χ0) is 12.9. The van der Waals surface area contributed by atoms with Crippen LogP contribution < -0.4 is 10.6 Å². The van der Waals surface area contributed by atoms with Gasteiger partial charge in [-0.1, -0.05) is 6.92 Å². The van der Waals surface area contributed by atoms with Gasteiger partial charge in [-0.3, -0.25) is 0 Å². The average molecular weight is 260 g/mol. The van der Waals surface area contributed by atoms with Gasteiger partial charge in [0.1, 0.15) is 0 Å². The van der Waals surface area contributed by atoms with Crippen molar-refractivity contribution < 1.29 is 9.90 Å². The van der Waals surface area contributed by atoms with Crippen LogP contribution in [0.4, 0.5) is 4.79 Å². The first-order valence-electron chi connectivity index (χ1n) is 6.21. The van der Waals surface area contributed by atoms with E-state index in [2.05, 4.69) is 23.8 Å². The molecule has 1 saturated carbocycles. The van der Waals surface area contributed by atoms with Gasteiger partial charge in [0.05, 0.1) is 12.1 Å². The first-order chi connectivity index (χ1) is 8.01. The van der Waals surface area contributed by atoms with Crippen LogP contribution in [0.15, 0.2) is 0 Å². The molecule has 0 unspecified atom stereocenters. The van der Waals surface area contributed by atoms with Crippen molar-refractivity contribution in [2.45, 2.75) is 43.9 Å². The molecule has 1 rings (SSSR count). The molecule has 0 saturated heterocycles. The van der Waals surface area contributed by atoms with E-state index in [0.29, 0.717) is 17.7 Å². The number of nitrogens with one attached hydrogen (secondary N) is 2. The van der Waals surface area contributed by atoms with Gasteiger partial charge in [-0.05, 0) is 38.4 Å². The van der Waals surface area contributed by atoms with Crippen molar-refractivity contribution in [1.29, 1.82) is 0 Å². The Balaban J connectivity index is 2.23. The molecule has 0 aromatic heterocycles. The maximum atomic E-state index is 11.7. The Labute approximate surface area is 108 Å². The Bertz CT molecular complexity index is 259. The summed E-state index contributed by atoms with van der Waals surface area (Å²) in [6.07, 6.45) is 5.23. The molecule has 5 heteroatoms. The van der Waals surface area contributed by atoms with Crippen LogP contribution >= 0.6 is 11.8 Å². The fraction of sp³-hybridized carbons (Fsp3) is 0.917. The molecule has 0 radical (unpaired) electrons. The highest BCUT2D eigenvalue weighted by atomic mass is 32.2. The molecule has 0 heterocycles. The minimum atomic E-state index is -0.449. The van der Waals surface area contributed by atoms with E-state index in [1.807, 2.05) is 6.92 Å². The molecule has 1 fully saturated rings. The van der Waals surface area contributed by atoms with E-state index in [-0.39, 0.29) is 12.6 Å². The quantitative estimate of drug-likeness (QED) is 0.651. The molecule has 3 N–H and O–H groups in total. The van der Waals surface area contributed by atoms with Gasteiger partial charge in [0.25, 0.3) is 0 Å². The predicted octanol–water partition coefficient (Wildman–Crippen LogP) is 1.59. The number of amides is 2. The number of hydrogen-bond donors (Lipinski definition) is 3. The van der Waals surface area contributed by atoms with E-state index >= 15 is 0 Å². The van der Waals surface area contributed by atoms with Gasteiger partial charge in [0, 0.05) is 11.8 Å². The van der Waals surface area contributed by atoms with Crippen LogP contribution in [0.5, 0.6) is 0 Å². The molecule has 2 atom stereocenters. The molecular weight excluding hydrogens is 236 g/mol. The lowest BCUT2D eigenvalue weighted by atomic mass is 9.97. The van der Waals surface area contributed by atoms with E-state index < -0.39 is 5.54 Å². The summed E-state index contributed by atoms with van der Waals surface area (Å²) < 4.78 is 0. The number of aliphatic hydroxyl groups excluding tert-OH is 1. The standard InChI is InChI=1S/C12H24N2O2S/c1-9(17-3)6-7-13-11(16)14-12(2,8-15)10-4-5-10/h9-10,15H,4-8H2,1-3H3,(H2,13,14,16)/t9-,12+/m0/s1. The van der Waals surface area contributed by atoms with Crippen LogP contribution in [0, 0.1) is 5.92 Å². The van der Waals surface area contributed by atoms with Crippen molar-refractivity contribution >= 4 is 17.8 Å². The molecule has 0 aromatic carbocycles. The Hall–Kier alpha value is -0.420. The summed E-state index contributed by atoms with van der Waals surface area (Å²) in [5, 5.41) is 15.6. The minimum absolute atomic E-state index is 0.00625. The summed E-state index contributed by atoms with van der Waals surface area (Å²) in [4.78, 5) is 11.7. The van der Waals surface area contributed by atoms with Crippen molar-refractivity contribution in [3.8, 4) is 0 Å². The molecule has 17 heavy (non-hydrogen) atoms. The van der Waals surface area contributed by atoms with Gasteiger partial charge in [-0.15, -0.1) is 0 Å². The monoisotopic (exact) mass is 260 g/mol. The third kappa shape index (κ3) is 4.76. The number of aliphatic hydroxyl groups is 1. The molecule has 0 aliphatic heterocycles. The average Bonchev–Trinajstić information content (AvgIpc) is 3.12. The van der Waals surface area contributed by atoms with Crippen LogP contribution in [0.1, 0.15) is 33.1 Å². The molecule has 1 aliphatic carbocycles. The van der Waals surface area contributed by atoms with Crippen LogP contribution in [0.25, 0.3) is 0 Å². The maximum absolute atomic E-state index is 11.7. The van der Waals surface area contributed by atoms with Gasteiger partial charge in [-0.2, -0.15) is 11.8 Å². The van der Waals surface area contributed by atoms with Crippen molar-refractivity contribution in [2.24, 2.45) is 5.92 Å². The van der Waals surface area contributed by atoms with Gasteiger partial charge in [-0.25, -0.2) is 4.79 Å². The topological polar surface area (TPSA) is 61.4 Å². The largest absolute Gasteiger partial charge is 0.394 e. The van der Waals surface area contributed by atoms with Crippen molar-refractivity contribution in [2.75, 3.05) is 19.4 Å². The Morgan fingerprint density at radius 1 is 1.59 bits per heavy atom. The van der Waals surface area contributed by atoms with Gasteiger partial charge in [0.2, 0.25) is 0 Å². The van der Waals surface area contributed by atoms with Crippen LogP contribution in [-0.4, -0.2) is 41.3 Å². The third-order valence-corrected chi connectivity index (χ3v) is 4.49. The lowest BCUT2D eigenvalue weighted by Crippen LogP contribution is -2.54. The summed E-state index contributed by atoms with van der Waals surface area (Å²) in [6.45, 7) is 4.74. The number of urea groups is 1. The summed E-state index contributed by atoms with van der Waals surface area (Å²) in [5.74, 6) is 0.434.